The monoisotopic (exact) mass is 224 g/mol. The Morgan fingerprint density at radius 3 is 1.31 bits per heavy atom. The molecule has 4 heteroatoms. The molecule has 16 heavy (non-hydrogen) atoms. The molecule has 0 aromatic heterocycles. The van der Waals surface area contributed by atoms with E-state index in [1.165, 1.54) is 19.3 Å². The molecule has 0 aromatic carbocycles. The molecule has 6 atom stereocenters. The van der Waals surface area contributed by atoms with Crippen molar-refractivity contribution in [3.8, 4) is 0 Å². The summed E-state index contributed by atoms with van der Waals surface area (Å²) in [5.74, 6) is 0. The smallest absolute Gasteiger partial charge is 0.0642 e. The lowest BCUT2D eigenvalue weighted by Crippen LogP contribution is -2.76. The normalized spacial score (nSPS) is 53.4. The third kappa shape index (κ3) is 1.78. The molecule has 3 N–H and O–H groups in total. The van der Waals surface area contributed by atoms with E-state index in [9.17, 15) is 0 Å². The zero-order chi connectivity index (χ0) is 11.3. The van der Waals surface area contributed by atoms with Gasteiger partial charge in [0.25, 0.3) is 0 Å². The Balaban J connectivity index is 1.83. The summed E-state index contributed by atoms with van der Waals surface area (Å²) in [6, 6.07) is 1.90. The highest BCUT2D eigenvalue weighted by atomic mass is 15.5. The van der Waals surface area contributed by atoms with E-state index in [1.54, 1.807) is 0 Å². The van der Waals surface area contributed by atoms with Gasteiger partial charge < -0.3 is 0 Å². The molecular weight excluding hydrogens is 200 g/mol. The SMILES string of the molecule is C[C@@H]1C[C@H]2N[C@H](C)C[C@H]3N[C@@H](C)C[C@H](N1)N23. The molecule has 0 unspecified atom stereocenters. The van der Waals surface area contributed by atoms with Crippen molar-refractivity contribution >= 4 is 0 Å². The second-order valence-electron chi connectivity index (χ2n) is 5.90. The Bertz CT molecular complexity index is 209. The van der Waals surface area contributed by atoms with Crippen molar-refractivity contribution in [2.75, 3.05) is 0 Å². The number of nitrogens with one attached hydrogen (secondary N) is 3. The second kappa shape index (κ2) is 3.95. The van der Waals surface area contributed by atoms with Crippen LogP contribution in [0.2, 0.25) is 0 Å². The third-order valence-electron chi connectivity index (χ3n) is 4.24. The van der Waals surface area contributed by atoms with E-state index in [0.29, 0.717) is 36.6 Å². The first-order chi connectivity index (χ1) is 7.63. The van der Waals surface area contributed by atoms with Gasteiger partial charge in [0.15, 0.2) is 0 Å². The second-order valence-corrected chi connectivity index (χ2v) is 5.90. The predicted molar refractivity (Wildman–Crippen MR) is 64.8 cm³/mol. The van der Waals surface area contributed by atoms with E-state index in [4.69, 9.17) is 0 Å². The minimum absolute atomic E-state index is 0.565. The van der Waals surface area contributed by atoms with Crippen LogP contribution in [-0.2, 0) is 0 Å². The molecule has 0 bridgehead atoms. The van der Waals surface area contributed by atoms with E-state index in [1.807, 2.05) is 0 Å². The van der Waals surface area contributed by atoms with E-state index < -0.39 is 0 Å². The summed E-state index contributed by atoms with van der Waals surface area (Å²) in [5.41, 5.74) is 0. The van der Waals surface area contributed by atoms with E-state index in [2.05, 4.69) is 41.6 Å². The van der Waals surface area contributed by atoms with Crippen molar-refractivity contribution in [2.45, 2.75) is 76.7 Å². The number of nitrogens with zero attached hydrogens (tertiary/aromatic N) is 1. The van der Waals surface area contributed by atoms with Gasteiger partial charge in [0, 0.05) is 18.1 Å². The van der Waals surface area contributed by atoms with Gasteiger partial charge in [-0.3, -0.25) is 20.9 Å². The number of rotatable bonds is 0. The van der Waals surface area contributed by atoms with Crippen LogP contribution in [0, 0.1) is 0 Å². The maximum absolute atomic E-state index is 3.74. The van der Waals surface area contributed by atoms with Crippen molar-refractivity contribution in [1.82, 2.24) is 20.9 Å². The Hall–Kier alpha value is -0.160. The van der Waals surface area contributed by atoms with Crippen LogP contribution in [0.5, 0.6) is 0 Å². The number of hydrogen-bond donors (Lipinski definition) is 3. The van der Waals surface area contributed by atoms with Gasteiger partial charge >= 0.3 is 0 Å². The minimum Gasteiger partial charge on any atom is -0.299 e. The molecule has 0 aliphatic carbocycles. The largest absolute Gasteiger partial charge is 0.299 e. The topological polar surface area (TPSA) is 39.3 Å². The van der Waals surface area contributed by atoms with Crippen LogP contribution in [-0.4, -0.2) is 41.5 Å². The molecule has 3 heterocycles. The molecular formula is C12H24N4. The van der Waals surface area contributed by atoms with Gasteiger partial charge in [0.2, 0.25) is 0 Å². The van der Waals surface area contributed by atoms with Crippen molar-refractivity contribution in [1.29, 1.82) is 0 Å². The van der Waals surface area contributed by atoms with Crippen LogP contribution in [0.25, 0.3) is 0 Å². The van der Waals surface area contributed by atoms with Gasteiger partial charge in [0.05, 0.1) is 18.5 Å². The fraction of sp³-hybridized carbons (Fsp3) is 1.00. The molecule has 4 nitrogen and oxygen atoms in total. The average molecular weight is 224 g/mol. The highest BCUT2D eigenvalue weighted by Gasteiger charge is 2.45. The fourth-order valence-electron chi connectivity index (χ4n) is 3.67. The van der Waals surface area contributed by atoms with Crippen LogP contribution >= 0.6 is 0 Å². The van der Waals surface area contributed by atoms with E-state index in [-0.39, 0.29) is 0 Å². The maximum atomic E-state index is 3.74. The predicted octanol–water partition coefficient (Wildman–Crippen LogP) is 0.412. The molecule has 3 aliphatic heterocycles. The van der Waals surface area contributed by atoms with Crippen LogP contribution in [0.3, 0.4) is 0 Å². The first kappa shape index (κ1) is 11.0. The maximum Gasteiger partial charge on any atom is 0.0642 e. The zero-order valence-electron chi connectivity index (χ0n) is 10.5. The molecule has 3 aliphatic rings. The summed E-state index contributed by atoms with van der Waals surface area (Å²) >= 11 is 0. The zero-order valence-corrected chi connectivity index (χ0v) is 10.5. The summed E-state index contributed by atoms with van der Waals surface area (Å²) in [6.45, 7) is 6.92. The van der Waals surface area contributed by atoms with Gasteiger partial charge in [-0.2, -0.15) is 0 Å². The van der Waals surface area contributed by atoms with Crippen molar-refractivity contribution in [3.05, 3.63) is 0 Å². The minimum atomic E-state index is 0.565. The van der Waals surface area contributed by atoms with Crippen molar-refractivity contribution in [2.24, 2.45) is 0 Å². The third-order valence-corrected chi connectivity index (χ3v) is 4.24. The highest BCUT2D eigenvalue weighted by Crippen LogP contribution is 2.29. The van der Waals surface area contributed by atoms with Crippen LogP contribution in [0.15, 0.2) is 0 Å². The molecule has 0 aromatic rings. The lowest BCUT2D eigenvalue weighted by Gasteiger charge is -2.57. The lowest BCUT2D eigenvalue weighted by molar-refractivity contribution is -0.0841. The van der Waals surface area contributed by atoms with Gasteiger partial charge in [-0.1, -0.05) is 0 Å². The Morgan fingerprint density at radius 2 is 1.00 bits per heavy atom. The summed E-state index contributed by atoms with van der Waals surface area (Å²) in [7, 11) is 0. The molecule has 3 saturated heterocycles. The quantitative estimate of drug-likeness (QED) is 0.557. The summed E-state index contributed by atoms with van der Waals surface area (Å²) in [4.78, 5) is 2.62. The molecule has 92 valence electrons. The van der Waals surface area contributed by atoms with E-state index in [0.717, 1.165) is 0 Å². The first-order valence-corrected chi connectivity index (χ1v) is 6.69. The Morgan fingerprint density at radius 1 is 0.688 bits per heavy atom. The number of hydrogen-bond acceptors (Lipinski definition) is 4. The van der Waals surface area contributed by atoms with E-state index >= 15 is 0 Å². The van der Waals surface area contributed by atoms with Gasteiger partial charge in [-0.05, 0) is 40.0 Å². The summed E-state index contributed by atoms with van der Waals surface area (Å²) in [6.07, 6.45) is 5.34. The average Bonchev–Trinajstić information content (AvgIpc) is 2.14. The first-order valence-electron chi connectivity index (χ1n) is 6.69. The Kier molecular flexibility index (Phi) is 2.70. The lowest BCUT2D eigenvalue weighted by atomic mass is 9.94. The Labute approximate surface area is 98.1 Å². The molecule has 3 fully saturated rings. The van der Waals surface area contributed by atoms with Crippen LogP contribution in [0.4, 0.5) is 0 Å². The molecule has 0 spiro atoms. The molecule has 0 radical (unpaired) electrons. The highest BCUT2D eigenvalue weighted by molar-refractivity contribution is 4.99. The fourth-order valence-corrected chi connectivity index (χ4v) is 3.67. The van der Waals surface area contributed by atoms with Crippen LogP contribution < -0.4 is 16.0 Å². The van der Waals surface area contributed by atoms with Crippen molar-refractivity contribution < 1.29 is 0 Å². The summed E-state index contributed by atoms with van der Waals surface area (Å²) < 4.78 is 0. The standard InChI is InChI=1S/C12H24N4/c1-7-4-10-14-9(3)6-12-15-8(2)5-11(13-7)16(10)12/h7-15H,4-6H2,1-3H3/t7-,8-,9+,10+,11+,12-/m1/s1. The van der Waals surface area contributed by atoms with Gasteiger partial charge in [-0.15, -0.1) is 0 Å². The summed E-state index contributed by atoms with van der Waals surface area (Å²) in [5, 5.41) is 11.2. The van der Waals surface area contributed by atoms with Crippen molar-refractivity contribution in [3.63, 3.8) is 0 Å². The van der Waals surface area contributed by atoms with Gasteiger partial charge in [-0.25, -0.2) is 0 Å². The molecule has 0 amide bonds. The molecule has 3 rings (SSSR count). The molecule has 0 saturated carbocycles. The van der Waals surface area contributed by atoms with Gasteiger partial charge in [0.1, 0.15) is 0 Å². The van der Waals surface area contributed by atoms with Crippen LogP contribution in [0.1, 0.15) is 40.0 Å².